The number of nitrogens with zero attached hydrogens (tertiary/aromatic N) is 4. The van der Waals surface area contributed by atoms with Crippen molar-refractivity contribution in [3.05, 3.63) is 29.8 Å². The number of likely N-dealkylation sites (N-methyl/N-ethyl adjacent to an activating group) is 1. The molecule has 0 aliphatic carbocycles. The summed E-state index contributed by atoms with van der Waals surface area (Å²) in [5.41, 5.74) is 1.21. The summed E-state index contributed by atoms with van der Waals surface area (Å²) in [4.78, 5) is 22.8. The zero-order chi connectivity index (χ0) is 21.2. The number of rotatable bonds is 9. The van der Waals surface area contributed by atoms with Crippen molar-refractivity contribution in [2.75, 3.05) is 54.4 Å². The van der Waals surface area contributed by atoms with Crippen LogP contribution in [0.5, 0.6) is 5.75 Å². The van der Waals surface area contributed by atoms with Crippen molar-refractivity contribution < 1.29 is 9.53 Å². The van der Waals surface area contributed by atoms with E-state index in [2.05, 4.69) is 32.2 Å². The summed E-state index contributed by atoms with van der Waals surface area (Å²) >= 11 is 0. The quantitative estimate of drug-likeness (QED) is 0.388. The molecule has 7 nitrogen and oxygen atoms in total. The molecule has 1 aromatic carbocycles. The van der Waals surface area contributed by atoms with Crippen LogP contribution in [0.15, 0.2) is 29.3 Å². The van der Waals surface area contributed by atoms with Gasteiger partial charge in [0.15, 0.2) is 5.96 Å². The van der Waals surface area contributed by atoms with E-state index in [1.807, 2.05) is 47.2 Å². The molecule has 1 unspecified atom stereocenters. The summed E-state index contributed by atoms with van der Waals surface area (Å²) in [5.74, 6) is 2.00. The fourth-order valence-electron chi connectivity index (χ4n) is 3.75. The van der Waals surface area contributed by atoms with E-state index < -0.39 is 0 Å². The molecule has 0 saturated carbocycles. The summed E-state index contributed by atoms with van der Waals surface area (Å²) in [6.45, 7) is 6.21. The molecule has 0 bridgehead atoms. The molecule has 1 fully saturated rings. The van der Waals surface area contributed by atoms with Crippen LogP contribution in [0.2, 0.25) is 0 Å². The molecule has 0 aromatic heterocycles. The highest BCUT2D eigenvalue weighted by Gasteiger charge is 2.30. The van der Waals surface area contributed by atoms with E-state index in [4.69, 9.17) is 4.74 Å². The molecule has 2 rings (SSSR count). The molecule has 1 atom stereocenters. The zero-order valence-electron chi connectivity index (χ0n) is 18.6. The summed E-state index contributed by atoms with van der Waals surface area (Å²) in [7, 11) is 7.52. The third-order valence-electron chi connectivity index (χ3n) is 5.22. The number of carbonyl (C=O) groups is 1. The summed E-state index contributed by atoms with van der Waals surface area (Å²) in [6.07, 6.45) is 3.05. The maximum atomic E-state index is 12.3. The molecule has 1 amide bonds. The van der Waals surface area contributed by atoms with Crippen LogP contribution in [-0.4, -0.2) is 87.0 Å². The average molecular weight is 404 g/mol. The molecule has 1 N–H and O–H groups in total. The molecule has 1 saturated heterocycles. The molecule has 0 radical (unpaired) electrons. The smallest absolute Gasteiger partial charge is 0.239 e. The van der Waals surface area contributed by atoms with Crippen LogP contribution < -0.4 is 10.1 Å². The lowest BCUT2D eigenvalue weighted by Crippen LogP contribution is -2.44. The van der Waals surface area contributed by atoms with Crippen molar-refractivity contribution >= 4 is 11.9 Å². The van der Waals surface area contributed by atoms with E-state index in [-0.39, 0.29) is 11.9 Å². The van der Waals surface area contributed by atoms with Crippen LogP contribution >= 0.6 is 0 Å². The number of likely N-dealkylation sites (tertiary alicyclic amines) is 1. The number of hydrogen-bond acceptors (Lipinski definition) is 4. The number of aliphatic imine (C=N–C) groups is 1. The van der Waals surface area contributed by atoms with Gasteiger partial charge in [0.25, 0.3) is 0 Å². The first-order valence-corrected chi connectivity index (χ1v) is 10.5. The molecular weight excluding hydrogens is 366 g/mol. The van der Waals surface area contributed by atoms with Gasteiger partial charge in [0, 0.05) is 47.8 Å². The predicted molar refractivity (Wildman–Crippen MR) is 118 cm³/mol. The number of carbonyl (C=O) groups excluding carboxylic acids is 1. The molecule has 7 heteroatoms. The van der Waals surface area contributed by atoms with Crippen molar-refractivity contribution in [1.82, 2.24) is 20.0 Å². The minimum absolute atomic E-state index is 0.0478. The molecule has 1 aliphatic rings. The maximum absolute atomic E-state index is 12.3. The predicted octanol–water partition coefficient (Wildman–Crippen LogP) is 2.04. The number of amides is 1. The van der Waals surface area contributed by atoms with E-state index in [0.717, 1.165) is 57.2 Å². The molecule has 1 aromatic rings. The van der Waals surface area contributed by atoms with Gasteiger partial charge in [0.05, 0.1) is 12.6 Å². The second-order valence-corrected chi connectivity index (χ2v) is 7.69. The van der Waals surface area contributed by atoms with E-state index in [1.54, 1.807) is 4.90 Å². The number of hydrogen-bond donors (Lipinski definition) is 1. The van der Waals surface area contributed by atoms with Crippen LogP contribution in [0, 0.1) is 0 Å². The Morgan fingerprint density at radius 3 is 2.62 bits per heavy atom. The summed E-state index contributed by atoms with van der Waals surface area (Å²) in [6, 6.07) is 8.23. The van der Waals surface area contributed by atoms with Crippen LogP contribution in [0.1, 0.15) is 31.7 Å². The monoisotopic (exact) mass is 403 g/mol. The van der Waals surface area contributed by atoms with Gasteiger partial charge < -0.3 is 19.9 Å². The van der Waals surface area contributed by atoms with Crippen molar-refractivity contribution in [1.29, 1.82) is 0 Å². The van der Waals surface area contributed by atoms with Gasteiger partial charge in [-0.25, -0.2) is 0 Å². The number of ether oxygens (including phenoxy) is 1. The SMILES string of the molecule is CCOc1ccc(CN(C)C(=NC)NCCCN2CCCC2C(=O)N(C)C)cc1. The van der Waals surface area contributed by atoms with Gasteiger partial charge in [-0.3, -0.25) is 14.7 Å². The molecule has 1 heterocycles. The lowest BCUT2D eigenvalue weighted by atomic mass is 10.2. The van der Waals surface area contributed by atoms with E-state index in [9.17, 15) is 4.79 Å². The maximum Gasteiger partial charge on any atom is 0.239 e. The molecular formula is C22H37N5O2. The van der Waals surface area contributed by atoms with Gasteiger partial charge >= 0.3 is 0 Å². The van der Waals surface area contributed by atoms with Crippen molar-refractivity contribution in [2.45, 2.75) is 38.8 Å². The Kier molecular flexibility index (Phi) is 9.25. The Labute approximate surface area is 175 Å². The third-order valence-corrected chi connectivity index (χ3v) is 5.22. The number of nitrogens with one attached hydrogen (secondary N) is 1. The fraction of sp³-hybridized carbons (Fsp3) is 0.636. The van der Waals surface area contributed by atoms with E-state index in [0.29, 0.717) is 6.61 Å². The van der Waals surface area contributed by atoms with E-state index >= 15 is 0 Å². The minimum Gasteiger partial charge on any atom is -0.494 e. The van der Waals surface area contributed by atoms with Gasteiger partial charge in [-0.1, -0.05) is 12.1 Å². The standard InChI is InChI=1S/C22H37N5O2/c1-6-29-19-12-10-18(11-13-19)17-26(5)22(23-2)24-14-8-16-27-15-7-9-20(27)21(28)25(3)4/h10-13,20H,6-9,14-17H2,1-5H3,(H,23,24). The third kappa shape index (κ3) is 6.92. The van der Waals surface area contributed by atoms with Gasteiger partial charge in [-0.2, -0.15) is 0 Å². The highest BCUT2D eigenvalue weighted by Crippen LogP contribution is 2.18. The average Bonchev–Trinajstić information content (AvgIpc) is 3.17. The van der Waals surface area contributed by atoms with Gasteiger partial charge in [-0.15, -0.1) is 0 Å². The number of benzene rings is 1. The van der Waals surface area contributed by atoms with Crippen LogP contribution in [-0.2, 0) is 11.3 Å². The second-order valence-electron chi connectivity index (χ2n) is 7.69. The topological polar surface area (TPSA) is 60.4 Å². The minimum atomic E-state index is 0.0478. The van der Waals surface area contributed by atoms with Gasteiger partial charge in [0.2, 0.25) is 5.91 Å². The first kappa shape index (κ1) is 23.0. The van der Waals surface area contributed by atoms with Crippen molar-refractivity contribution in [3.63, 3.8) is 0 Å². The highest BCUT2D eigenvalue weighted by atomic mass is 16.5. The normalized spacial score (nSPS) is 17.3. The lowest BCUT2D eigenvalue weighted by Gasteiger charge is -2.26. The summed E-state index contributed by atoms with van der Waals surface area (Å²) in [5, 5.41) is 3.44. The largest absolute Gasteiger partial charge is 0.494 e. The Bertz CT molecular complexity index is 660. The number of guanidine groups is 1. The highest BCUT2D eigenvalue weighted by molar-refractivity contribution is 5.81. The van der Waals surface area contributed by atoms with Gasteiger partial charge in [0.1, 0.15) is 5.75 Å². The van der Waals surface area contributed by atoms with Crippen LogP contribution in [0.25, 0.3) is 0 Å². The molecule has 1 aliphatic heterocycles. The first-order valence-electron chi connectivity index (χ1n) is 10.5. The van der Waals surface area contributed by atoms with Gasteiger partial charge in [-0.05, 0) is 50.4 Å². The van der Waals surface area contributed by atoms with Crippen molar-refractivity contribution in [3.8, 4) is 5.75 Å². The lowest BCUT2D eigenvalue weighted by molar-refractivity contribution is -0.133. The Hall–Kier alpha value is -2.28. The van der Waals surface area contributed by atoms with Crippen LogP contribution in [0.3, 0.4) is 0 Å². The zero-order valence-corrected chi connectivity index (χ0v) is 18.6. The summed E-state index contributed by atoms with van der Waals surface area (Å²) < 4.78 is 5.50. The molecule has 29 heavy (non-hydrogen) atoms. The first-order chi connectivity index (χ1) is 14.0. The molecule has 162 valence electrons. The van der Waals surface area contributed by atoms with Crippen LogP contribution in [0.4, 0.5) is 0 Å². The Morgan fingerprint density at radius 1 is 1.28 bits per heavy atom. The van der Waals surface area contributed by atoms with E-state index in [1.165, 1.54) is 5.56 Å². The fourth-order valence-corrected chi connectivity index (χ4v) is 3.75. The van der Waals surface area contributed by atoms with Crippen molar-refractivity contribution in [2.24, 2.45) is 4.99 Å². The Balaban J connectivity index is 1.76. The molecule has 0 spiro atoms. The Morgan fingerprint density at radius 2 is 2.00 bits per heavy atom. The second kappa shape index (κ2) is 11.7.